The molecule has 0 bridgehead atoms. The van der Waals surface area contributed by atoms with Gasteiger partial charge in [-0.2, -0.15) is 0 Å². The summed E-state index contributed by atoms with van der Waals surface area (Å²) in [6, 6.07) is 5.97. The van der Waals surface area contributed by atoms with Crippen molar-refractivity contribution in [2.24, 2.45) is 0 Å². The first-order valence-corrected chi connectivity index (χ1v) is 6.50. The smallest absolute Gasteiger partial charge is 0.238 e. The molecule has 1 saturated carbocycles. The van der Waals surface area contributed by atoms with Crippen molar-refractivity contribution < 1.29 is 13.9 Å². The van der Waals surface area contributed by atoms with Gasteiger partial charge in [0.15, 0.2) is 0 Å². The van der Waals surface area contributed by atoms with E-state index >= 15 is 0 Å². The van der Waals surface area contributed by atoms with E-state index in [9.17, 15) is 9.18 Å². The predicted octanol–water partition coefficient (Wildman–Crippen LogP) is 1.92. The second-order valence-electron chi connectivity index (χ2n) is 4.75. The topological polar surface area (TPSA) is 50.4 Å². The number of halogens is 1. The number of rotatable bonds is 5. The Morgan fingerprint density at radius 1 is 1.37 bits per heavy atom. The van der Waals surface area contributed by atoms with Gasteiger partial charge in [0.05, 0.1) is 12.6 Å². The first-order valence-electron chi connectivity index (χ1n) is 6.50. The van der Waals surface area contributed by atoms with Gasteiger partial charge in [-0.1, -0.05) is 0 Å². The lowest BCUT2D eigenvalue weighted by atomic mass is 10.2. The molecule has 0 aromatic heterocycles. The van der Waals surface area contributed by atoms with Crippen LogP contribution in [0.4, 0.5) is 10.1 Å². The molecule has 0 aliphatic heterocycles. The van der Waals surface area contributed by atoms with E-state index in [4.69, 9.17) is 4.74 Å². The van der Waals surface area contributed by atoms with Gasteiger partial charge in [0.25, 0.3) is 0 Å². The number of benzene rings is 1. The molecule has 1 aromatic carbocycles. The third-order valence-corrected chi connectivity index (χ3v) is 3.41. The molecule has 19 heavy (non-hydrogen) atoms. The Morgan fingerprint density at radius 2 is 2.11 bits per heavy atom. The molecule has 2 rings (SSSR count). The van der Waals surface area contributed by atoms with Crippen molar-refractivity contribution in [1.82, 2.24) is 5.32 Å². The molecule has 1 fully saturated rings. The SMILES string of the molecule is COC1CCCC1NCC(=O)Nc1ccc(F)cc1. The lowest BCUT2D eigenvalue weighted by Gasteiger charge is -2.19. The van der Waals surface area contributed by atoms with Crippen LogP contribution in [-0.2, 0) is 9.53 Å². The highest BCUT2D eigenvalue weighted by Crippen LogP contribution is 2.21. The van der Waals surface area contributed by atoms with Crippen molar-refractivity contribution in [2.45, 2.75) is 31.4 Å². The normalized spacial score (nSPS) is 22.4. The Balaban J connectivity index is 1.77. The molecule has 0 saturated heterocycles. The number of ether oxygens (including phenoxy) is 1. The number of methoxy groups -OCH3 is 1. The van der Waals surface area contributed by atoms with Gasteiger partial charge in [0.2, 0.25) is 5.91 Å². The maximum Gasteiger partial charge on any atom is 0.238 e. The van der Waals surface area contributed by atoms with Crippen molar-refractivity contribution in [2.75, 3.05) is 19.0 Å². The summed E-state index contributed by atoms with van der Waals surface area (Å²) in [7, 11) is 1.70. The lowest BCUT2D eigenvalue weighted by molar-refractivity contribution is -0.115. The molecule has 2 N–H and O–H groups in total. The molecule has 104 valence electrons. The number of nitrogens with one attached hydrogen (secondary N) is 2. The molecule has 1 aromatic rings. The van der Waals surface area contributed by atoms with Crippen molar-refractivity contribution >= 4 is 11.6 Å². The van der Waals surface area contributed by atoms with Gasteiger partial charge in [-0.3, -0.25) is 4.79 Å². The highest BCUT2D eigenvalue weighted by molar-refractivity contribution is 5.92. The second-order valence-corrected chi connectivity index (χ2v) is 4.75. The van der Waals surface area contributed by atoms with E-state index < -0.39 is 0 Å². The Morgan fingerprint density at radius 3 is 2.79 bits per heavy atom. The molecule has 1 aliphatic rings. The van der Waals surface area contributed by atoms with Crippen LogP contribution >= 0.6 is 0 Å². The number of anilines is 1. The summed E-state index contributed by atoms with van der Waals surface area (Å²) in [4.78, 5) is 11.7. The maximum absolute atomic E-state index is 12.7. The predicted molar refractivity (Wildman–Crippen MR) is 71.5 cm³/mol. The lowest BCUT2D eigenvalue weighted by Crippen LogP contribution is -2.41. The summed E-state index contributed by atoms with van der Waals surface area (Å²) in [6.07, 6.45) is 3.38. The fraction of sp³-hybridized carbons (Fsp3) is 0.500. The quantitative estimate of drug-likeness (QED) is 0.856. The van der Waals surface area contributed by atoms with E-state index in [1.807, 2.05) is 0 Å². The van der Waals surface area contributed by atoms with Crippen molar-refractivity contribution in [1.29, 1.82) is 0 Å². The standard InChI is InChI=1S/C14H19FN2O2/c1-19-13-4-2-3-12(13)16-9-14(18)17-11-7-5-10(15)6-8-11/h5-8,12-13,16H,2-4,9H2,1H3,(H,17,18). The van der Waals surface area contributed by atoms with Crippen molar-refractivity contribution in [3.8, 4) is 0 Å². The van der Waals surface area contributed by atoms with E-state index in [2.05, 4.69) is 10.6 Å². The van der Waals surface area contributed by atoms with Crippen LogP contribution in [0.2, 0.25) is 0 Å². The first kappa shape index (κ1) is 14.0. The van der Waals surface area contributed by atoms with E-state index in [1.54, 1.807) is 19.2 Å². The minimum atomic E-state index is -0.315. The van der Waals surface area contributed by atoms with Crippen molar-refractivity contribution in [3.05, 3.63) is 30.1 Å². The zero-order valence-electron chi connectivity index (χ0n) is 11.0. The molecule has 1 amide bonds. The molecule has 2 atom stereocenters. The third-order valence-electron chi connectivity index (χ3n) is 3.41. The summed E-state index contributed by atoms with van der Waals surface area (Å²) >= 11 is 0. The Bertz CT molecular complexity index is 422. The van der Waals surface area contributed by atoms with Crippen LogP contribution in [0, 0.1) is 5.82 Å². The molecule has 0 radical (unpaired) electrons. The van der Waals surface area contributed by atoms with Gasteiger partial charge in [-0.15, -0.1) is 0 Å². The van der Waals surface area contributed by atoms with E-state index in [0.717, 1.165) is 19.3 Å². The van der Waals surface area contributed by atoms with Crippen LogP contribution < -0.4 is 10.6 Å². The summed E-state index contributed by atoms with van der Waals surface area (Å²) in [5.74, 6) is -0.446. The number of carbonyl (C=O) groups excluding carboxylic acids is 1. The van der Waals surface area contributed by atoms with Crippen LogP contribution in [-0.4, -0.2) is 31.7 Å². The Labute approximate surface area is 112 Å². The summed E-state index contributed by atoms with van der Waals surface area (Å²) < 4.78 is 18.1. The second kappa shape index (κ2) is 6.63. The van der Waals surface area contributed by atoms with Crippen molar-refractivity contribution in [3.63, 3.8) is 0 Å². The van der Waals surface area contributed by atoms with Gasteiger partial charge < -0.3 is 15.4 Å². The molecule has 0 heterocycles. The molecular weight excluding hydrogens is 247 g/mol. The van der Waals surface area contributed by atoms with Gasteiger partial charge in [-0.25, -0.2) is 4.39 Å². The van der Waals surface area contributed by atoms with Crippen LogP contribution in [0.5, 0.6) is 0 Å². The number of carbonyl (C=O) groups is 1. The zero-order valence-corrected chi connectivity index (χ0v) is 11.0. The van der Waals surface area contributed by atoms with Crippen LogP contribution in [0.1, 0.15) is 19.3 Å². The van der Waals surface area contributed by atoms with Gasteiger partial charge >= 0.3 is 0 Å². The summed E-state index contributed by atoms with van der Waals surface area (Å²) in [5.41, 5.74) is 0.600. The fourth-order valence-electron chi connectivity index (χ4n) is 2.40. The Kier molecular flexibility index (Phi) is 4.87. The zero-order chi connectivity index (χ0) is 13.7. The third kappa shape index (κ3) is 4.01. The maximum atomic E-state index is 12.7. The largest absolute Gasteiger partial charge is 0.380 e. The minimum absolute atomic E-state index is 0.131. The monoisotopic (exact) mass is 266 g/mol. The first-order chi connectivity index (χ1) is 9.19. The molecule has 0 spiro atoms. The van der Waals surface area contributed by atoms with Crippen LogP contribution in [0.25, 0.3) is 0 Å². The number of hydrogen-bond donors (Lipinski definition) is 2. The van der Waals surface area contributed by atoms with Gasteiger partial charge in [0.1, 0.15) is 5.82 Å². The average molecular weight is 266 g/mol. The molecule has 5 heteroatoms. The molecule has 2 unspecified atom stereocenters. The van der Waals surface area contributed by atoms with E-state index in [1.165, 1.54) is 12.1 Å². The average Bonchev–Trinajstić information content (AvgIpc) is 2.86. The fourth-order valence-corrected chi connectivity index (χ4v) is 2.40. The van der Waals surface area contributed by atoms with Gasteiger partial charge in [0, 0.05) is 18.8 Å². The van der Waals surface area contributed by atoms with Crippen LogP contribution in [0.3, 0.4) is 0 Å². The number of amides is 1. The molecular formula is C14H19FN2O2. The van der Waals surface area contributed by atoms with Gasteiger partial charge in [-0.05, 0) is 43.5 Å². The summed E-state index contributed by atoms with van der Waals surface area (Å²) in [6.45, 7) is 0.238. The van der Waals surface area contributed by atoms with E-state index in [0.29, 0.717) is 5.69 Å². The number of hydrogen-bond acceptors (Lipinski definition) is 3. The van der Waals surface area contributed by atoms with Crippen LogP contribution in [0.15, 0.2) is 24.3 Å². The Hall–Kier alpha value is -1.46. The molecule has 1 aliphatic carbocycles. The summed E-state index contributed by atoms with van der Waals surface area (Å²) in [5, 5.41) is 5.92. The minimum Gasteiger partial charge on any atom is -0.380 e. The van der Waals surface area contributed by atoms with E-state index in [-0.39, 0.29) is 30.4 Å². The molecule has 4 nitrogen and oxygen atoms in total. The highest BCUT2D eigenvalue weighted by atomic mass is 19.1. The highest BCUT2D eigenvalue weighted by Gasteiger charge is 2.26.